The van der Waals surface area contributed by atoms with E-state index in [1.807, 2.05) is 19.1 Å². The van der Waals surface area contributed by atoms with E-state index < -0.39 is 0 Å². The van der Waals surface area contributed by atoms with Crippen LogP contribution in [-0.2, 0) is 13.0 Å². The third kappa shape index (κ3) is 2.59. The number of aromatic hydroxyl groups is 1. The number of hydrogen-bond donors (Lipinski definition) is 2. The van der Waals surface area contributed by atoms with Crippen LogP contribution in [0.25, 0.3) is 0 Å². The van der Waals surface area contributed by atoms with Crippen LogP contribution < -0.4 is 5.73 Å². The zero-order valence-corrected chi connectivity index (χ0v) is 12.0. The molecular formula is C17H19FN2O. The summed E-state index contributed by atoms with van der Waals surface area (Å²) >= 11 is 0. The summed E-state index contributed by atoms with van der Waals surface area (Å²) in [5.74, 6) is -0.192. The SMILES string of the molecule is CC(c1cc(F)ccc1O)N1CCc2cccc(N)c2C1. The average Bonchev–Trinajstić information content (AvgIpc) is 2.49. The first kappa shape index (κ1) is 13.9. The maximum atomic E-state index is 13.4. The molecule has 0 bridgehead atoms. The van der Waals surface area contributed by atoms with Gasteiger partial charge in [-0.3, -0.25) is 4.90 Å². The number of fused-ring (bicyclic) bond motifs is 1. The van der Waals surface area contributed by atoms with E-state index in [-0.39, 0.29) is 17.6 Å². The van der Waals surface area contributed by atoms with Gasteiger partial charge in [0.25, 0.3) is 0 Å². The number of nitrogens with two attached hydrogens (primary N) is 1. The molecule has 1 aliphatic rings. The van der Waals surface area contributed by atoms with Crippen molar-refractivity contribution in [3.05, 3.63) is 58.9 Å². The molecule has 1 atom stereocenters. The molecule has 1 heterocycles. The lowest BCUT2D eigenvalue weighted by Crippen LogP contribution is -2.33. The van der Waals surface area contributed by atoms with E-state index in [2.05, 4.69) is 11.0 Å². The number of phenolic OH excluding ortho intramolecular Hbond substituents is 1. The van der Waals surface area contributed by atoms with Gasteiger partial charge in [-0.2, -0.15) is 0 Å². The minimum atomic E-state index is -0.327. The van der Waals surface area contributed by atoms with Gasteiger partial charge in [0.15, 0.2) is 0 Å². The van der Waals surface area contributed by atoms with Crippen LogP contribution in [0.15, 0.2) is 36.4 Å². The lowest BCUT2D eigenvalue weighted by atomic mass is 9.95. The zero-order chi connectivity index (χ0) is 15.0. The number of nitrogens with zero attached hydrogens (tertiary/aromatic N) is 1. The van der Waals surface area contributed by atoms with Crippen molar-refractivity contribution >= 4 is 5.69 Å². The number of phenols is 1. The van der Waals surface area contributed by atoms with Crippen LogP contribution in [0.5, 0.6) is 5.75 Å². The number of anilines is 1. The van der Waals surface area contributed by atoms with Crippen molar-refractivity contribution in [3.63, 3.8) is 0 Å². The van der Waals surface area contributed by atoms with Crippen molar-refractivity contribution in [2.45, 2.75) is 25.9 Å². The molecule has 3 N–H and O–H groups in total. The van der Waals surface area contributed by atoms with E-state index in [4.69, 9.17) is 5.73 Å². The summed E-state index contributed by atoms with van der Waals surface area (Å²) in [7, 11) is 0. The molecule has 1 aliphatic heterocycles. The molecule has 3 nitrogen and oxygen atoms in total. The molecule has 0 saturated carbocycles. The quantitative estimate of drug-likeness (QED) is 0.833. The van der Waals surface area contributed by atoms with Crippen molar-refractivity contribution in [2.24, 2.45) is 0 Å². The standard InChI is InChI=1S/C17H19FN2O/c1-11(14-9-13(18)5-6-17(14)21)20-8-7-12-3-2-4-16(19)15(12)10-20/h2-6,9,11,21H,7-8,10,19H2,1H3. The minimum absolute atomic E-state index is 0.0616. The molecule has 3 rings (SSSR count). The van der Waals surface area contributed by atoms with Gasteiger partial charge >= 0.3 is 0 Å². The van der Waals surface area contributed by atoms with Crippen molar-refractivity contribution in [3.8, 4) is 5.75 Å². The molecule has 0 amide bonds. The fourth-order valence-corrected chi connectivity index (χ4v) is 3.02. The van der Waals surface area contributed by atoms with Crippen LogP contribution in [0.2, 0.25) is 0 Å². The van der Waals surface area contributed by atoms with Crippen LogP contribution in [0, 0.1) is 5.82 Å². The van der Waals surface area contributed by atoms with Gasteiger partial charge in [-0.1, -0.05) is 12.1 Å². The topological polar surface area (TPSA) is 49.5 Å². The number of hydrogen-bond acceptors (Lipinski definition) is 3. The van der Waals surface area contributed by atoms with Gasteiger partial charge in [0.05, 0.1) is 0 Å². The smallest absolute Gasteiger partial charge is 0.123 e. The molecule has 21 heavy (non-hydrogen) atoms. The minimum Gasteiger partial charge on any atom is -0.508 e. The molecular weight excluding hydrogens is 267 g/mol. The van der Waals surface area contributed by atoms with Crippen molar-refractivity contribution in [1.29, 1.82) is 0 Å². The summed E-state index contributed by atoms with van der Waals surface area (Å²) in [6, 6.07) is 10.0. The van der Waals surface area contributed by atoms with Crippen LogP contribution in [0.3, 0.4) is 0 Å². The summed E-state index contributed by atoms with van der Waals surface area (Å²) < 4.78 is 13.4. The summed E-state index contributed by atoms with van der Waals surface area (Å²) in [6.07, 6.45) is 0.917. The van der Waals surface area contributed by atoms with Crippen molar-refractivity contribution < 1.29 is 9.50 Å². The van der Waals surface area contributed by atoms with Crippen LogP contribution >= 0.6 is 0 Å². The lowest BCUT2D eigenvalue weighted by molar-refractivity contribution is 0.189. The molecule has 1 unspecified atom stereocenters. The van der Waals surface area contributed by atoms with E-state index >= 15 is 0 Å². The third-order valence-electron chi connectivity index (χ3n) is 4.33. The Morgan fingerprint density at radius 1 is 1.29 bits per heavy atom. The average molecular weight is 286 g/mol. The second-order valence-corrected chi connectivity index (χ2v) is 5.58. The van der Waals surface area contributed by atoms with Gasteiger partial charge in [0, 0.05) is 30.4 Å². The second kappa shape index (κ2) is 5.37. The molecule has 0 aliphatic carbocycles. The van der Waals surface area contributed by atoms with Gasteiger partial charge in [0.1, 0.15) is 11.6 Å². The summed E-state index contributed by atoms with van der Waals surface area (Å²) in [5, 5.41) is 9.97. The Morgan fingerprint density at radius 2 is 2.10 bits per heavy atom. The molecule has 0 aromatic heterocycles. The fraction of sp³-hybridized carbons (Fsp3) is 0.294. The molecule has 0 radical (unpaired) electrons. The number of nitrogen functional groups attached to an aromatic ring is 1. The predicted octanol–water partition coefficient (Wildman–Crippen LogP) is 3.23. The van der Waals surface area contributed by atoms with E-state index in [1.165, 1.54) is 23.8 Å². The van der Waals surface area contributed by atoms with Crippen molar-refractivity contribution in [1.82, 2.24) is 4.90 Å². The van der Waals surface area contributed by atoms with E-state index in [9.17, 15) is 9.50 Å². The Kier molecular flexibility index (Phi) is 3.55. The summed E-state index contributed by atoms with van der Waals surface area (Å²) in [4.78, 5) is 2.22. The first-order valence-corrected chi connectivity index (χ1v) is 7.15. The largest absolute Gasteiger partial charge is 0.508 e. The highest BCUT2D eigenvalue weighted by Gasteiger charge is 2.24. The first-order chi connectivity index (χ1) is 10.1. The summed E-state index contributed by atoms with van der Waals surface area (Å²) in [6.45, 7) is 3.57. The van der Waals surface area contributed by atoms with Crippen LogP contribution in [0.1, 0.15) is 29.7 Å². The Morgan fingerprint density at radius 3 is 2.90 bits per heavy atom. The predicted molar refractivity (Wildman–Crippen MR) is 81.4 cm³/mol. The molecule has 2 aromatic rings. The Labute approximate surface area is 123 Å². The highest BCUT2D eigenvalue weighted by Crippen LogP contribution is 2.33. The molecule has 0 fully saturated rings. The summed E-state index contributed by atoms with van der Waals surface area (Å²) in [5.41, 5.74) is 9.90. The second-order valence-electron chi connectivity index (χ2n) is 5.58. The number of halogens is 1. The maximum absolute atomic E-state index is 13.4. The maximum Gasteiger partial charge on any atom is 0.123 e. The molecule has 0 spiro atoms. The monoisotopic (exact) mass is 286 g/mol. The Bertz CT molecular complexity index is 672. The van der Waals surface area contributed by atoms with E-state index in [1.54, 1.807) is 0 Å². The van der Waals surface area contributed by atoms with E-state index in [0.29, 0.717) is 5.56 Å². The van der Waals surface area contributed by atoms with Gasteiger partial charge in [-0.25, -0.2) is 4.39 Å². The first-order valence-electron chi connectivity index (χ1n) is 7.15. The fourth-order valence-electron chi connectivity index (χ4n) is 3.02. The Hall–Kier alpha value is -2.07. The van der Waals surface area contributed by atoms with Crippen molar-refractivity contribution in [2.75, 3.05) is 12.3 Å². The van der Waals surface area contributed by atoms with Gasteiger partial charge in [0.2, 0.25) is 0 Å². The molecule has 110 valence electrons. The Balaban J connectivity index is 1.89. The zero-order valence-electron chi connectivity index (χ0n) is 12.0. The highest BCUT2D eigenvalue weighted by molar-refractivity contribution is 5.52. The lowest BCUT2D eigenvalue weighted by Gasteiger charge is -2.34. The third-order valence-corrected chi connectivity index (χ3v) is 4.33. The number of benzene rings is 2. The van der Waals surface area contributed by atoms with Gasteiger partial charge < -0.3 is 10.8 Å². The van der Waals surface area contributed by atoms with Crippen LogP contribution in [0.4, 0.5) is 10.1 Å². The molecule has 2 aromatic carbocycles. The molecule has 0 saturated heterocycles. The van der Waals surface area contributed by atoms with E-state index in [0.717, 1.165) is 30.8 Å². The van der Waals surface area contributed by atoms with Crippen LogP contribution in [-0.4, -0.2) is 16.6 Å². The highest BCUT2D eigenvalue weighted by atomic mass is 19.1. The van der Waals surface area contributed by atoms with Gasteiger partial charge in [-0.15, -0.1) is 0 Å². The normalized spacial score (nSPS) is 16.5. The molecule has 4 heteroatoms. The number of rotatable bonds is 2. The van der Waals surface area contributed by atoms with Gasteiger partial charge in [-0.05, 0) is 48.7 Å².